The molecule has 1 aromatic heterocycles. The number of epoxide rings is 1. The maximum absolute atomic E-state index is 5.56. The van der Waals surface area contributed by atoms with Crippen molar-refractivity contribution in [3.05, 3.63) is 36.7 Å². The standard InChI is InChI=1S/C13H14N2O3/c1-16-13-5-3-2-4-12(13)15-7-10(6-14-15)17-8-11-9-18-11/h2-7,11H,8-9H2,1H3. The Morgan fingerprint density at radius 1 is 1.44 bits per heavy atom. The van der Waals surface area contributed by atoms with Gasteiger partial charge < -0.3 is 14.2 Å². The summed E-state index contributed by atoms with van der Waals surface area (Å²) in [6, 6.07) is 7.71. The van der Waals surface area contributed by atoms with Crippen LogP contribution in [0.25, 0.3) is 5.69 Å². The first-order valence-electron chi connectivity index (χ1n) is 5.79. The van der Waals surface area contributed by atoms with Gasteiger partial charge in [-0.05, 0) is 12.1 Å². The number of para-hydroxylation sites is 2. The van der Waals surface area contributed by atoms with E-state index in [4.69, 9.17) is 14.2 Å². The molecule has 0 aliphatic carbocycles. The van der Waals surface area contributed by atoms with Crippen molar-refractivity contribution in [1.29, 1.82) is 0 Å². The van der Waals surface area contributed by atoms with E-state index in [9.17, 15) is 0 Å². The highest BCUT2D eigenvalue weighted by molar-refractivity contribution is 5.46. The first kappa shape index (κ1) is 11.1. The van der Waals surface area contributed by atoms with E-state index in [1.54, 1.807) is 18.0 Å². The van der Waals surface area contributed by atoms with Crippen LogP contribution in [0.3, 0.4) is 0 Å². The van der Waals surface area contributed by atoms with Gasteiger partial charge in [-0.2, -0.15) is 5.10 Å². The number of rotatable bonds is 5. The van der Waals surface area contributed by atoms with Gasteiger partial charge in [0.2, 0.25) is 0 Å². The minimum atomic E-state index is 0.250. The van der Waals surface area contributed by atoms with Gasteiger partial charge in [0.05, 0.1) is 26.1 Å². The molecule has 0 amide bonds. The van der Waals surface area contributed by atoms with E-state index >= 15 is 0 Å². The molecule has 1 aromatic carbocycles. The monoisotopic (exact) mass is 246 g/mol. The van der Waals surface area contributed by atoms with Crippen molar-refractivity contribution in [3.8, 4) is 17.2 Å². The van der Waals surface area contributed by atoms with E-state index in [0.717, 1.165) is 23.8 Å². The van der Waals surface area contributed by atoms with E-state index in [1.165, 1.54) is 0 Å². The van der Waals surface area contributed by atoms with E-state index in [-0.39, 0.29) is 6.10 Å². The van der Waals surface area contributed by atoms with Crippen LogP contribution in [-0.2, 0) is 4.74 Å². The second-order valence-corrected chi connectivity index (χ2v) is 4.06. The molecule has 2 aromatic rings. The smallest absolute Gasteiger partial charge is 0.157 e. The molecule has 5 nitrogen and oxygen atoms in total. The van der Waals surface area contributed by atoms with Crippen molar-refractivity contribution in [2.24, 2.45) is 0 Å². The summed E-state index contributed by atoms with van der Waals surface area (Å²) < 4.78 is 17.7. The van der Waals surface area contributed by atoms with Gasteiger partial charge in [0.1, 0.15) is 24.1 Å². The summed E-state index contributed by atoms with van der Waals surface area (Å²) in [6.07, 6.45) is 3.77. The fourth-order valence-electron chi connectivity index (χ4n) is 1.69. The predicted molar refractivity (Wildman–Crippen MR) is 65.4 cm³/mol. The molecule has 1 atom stereocenters. The first-order chi connectivity index (χ1) is 8.86. The Balaban J connectivity index is 1.78. The molecule has 2 heterocycles. The molecule has 1 saturated heterocycles. The van der Waals surface area contributed by atoms with Crippen molar-refractivity contribution in [2.45, 2.75) is 6.10 Å². The van der Waals surface area contributed by atoms with E-state index in [1.807, 2.05) is 30.5 Å². The Kier molecular flexibility index (Phi) is 2.90. The van der Waals surface area contributed by atoms with Crippen molar-refractivity contribution in [3.63, 3.8) is 0 Å². The minimum Gasteiger partial charge on any atom is -0.494 e. The van der Waals surface area contributed by atoms with Crippen LogP contribution in [0.1, 0.15) is 0 Å². The van der Waals surface area contributed by atoms with Gasteiger partial charge in [-0.1, -0.05) is 12.1 Å². The zero-order valence-corrected chi connectivity index (χ0v) is 10.1. The summed E-state index contributed by atoms with van der Waals surface area (Å²) >= 11 is 0. The van der Waals surface area contributed by atoms with Crippen LogP contribution in [-0.4, -0.2) is 36.2 Å². The molecule has 3 rings (SSSR count). The van der Waals surface area contributed by atoms with Crippen LogP contribution in [0.2, 0.25) is 0 Å². The number of benzene rings is 1. The lowest BCUT2D eigenvalue weighted by Crippen LogP contribution is -2.03. The van der Waals surface area contributed by atoms with Crippen molar-refractivity contribution in [1.82, 2.24) is 9.78 Å². The van der Waals surface area contributed by atoms with Crippen LogP contribution in [0.4, 0.5) is 0 Å². The number of ether oxygens (including phenoxy) is 3. The van der Waals surface area contributed by atoms with Gasteiger partial charge in [0.25, 0.3) is 0 Å². The molecule has 0 spiro atoms. The highest BCUT2D eigenvalue weighted by Gasteiger charge is 2.23. The maximum atomic E-state index is 5.56. The second-order valence-electron chi connectivity index (χ2n) is 4.06. The number of nitrogens with zero attached hydrogens (tertiary/aromatic N) is 2. The summed E-state index contributed by atoms with van der Waals surface area (Å²) in [6.45, 7) is 1.37. The van der Waals surface area contributed by atoms with Gasteiger partial charge in [-0.25, -0.2) is 4.68 Å². The largest absolute Gasteiger partial charge is 0.494 e. The number of methoxy groups -OCH3 is 1. The molecule has 1 fully saturated rings. The van der Waals surface area contributed by atoms with Crippen LogP contribution in [0.15, 0.2) is 36.7 Å². The van der Waals surface area contributed by atoms with Crippen molar-refractivity contribution >= 4 is 0 Å². The summed E-state index contributed by atoms with van der Waals surface area (Å²) in [7, 11) is 1.64. The highest BCUT2D eigenvalue weighted by atomic mass is 16.6. The summed E-state index contributed by atoms with van der Waals surface area (Å²) in [4.78, 5) is 0. The highest BCUT2D eigenvalue weighted by Crippen LogP contribution is 2.23. The Morgan fingerprint density at radius 2 is 2.28 bits per heavy atom. The molecule has 0 N–H and O–H groups in total. The molecule has 0 radical (unpaired) electrons. The minimum absolute atomic E-state index is 0.250. The maximum Gasteiger partial charge on any atom is 0.157 e. The number of aromatic nitrogens is 2. The fraction of sp³-hybridized carbons (Fsp3) is 0.308. The molecule has 1 unspecified atom stereocenters. The number of hydrogen-bond donors (Lipinski definition) is 0. The molecule has 1 aliphatic heterocycles. The predicted octanol–water partition coefficient (Wildman–Crippen LogP) is 1.66. The third-order valence-corrected chi connectivity index (χ3v) is 2.73. The van der Waals surface area contributed by atoms with Crippen molar-refractivity contribution in [2.75, 3.05) is 20.3 Å². The zero-order valence-electron chi connectivity index (χ0n) is 10.1. The molecular formula is C13H14N2O3. The molecule has 0 bridgehead atoms. The summed E-state index contributed by atoms with van der Waals surface area (Å²) in [5, 5.41) is 4.26. The molecule has 94 valence electrons. The van der Waals surface area contributed by atoms with E-state index in [0.29, 0.717) is 6.61 Å². The number of hydrogen-bond acceptors (Lipinski definition) is 4. The van der Waals surface area contributed by atoms with Crippen LogP contribution < -0.4 is 9.47 Å². The normalized spacial score (nSPS) is 17.5. The summed E-state index contributed by atoms with van der Waals surface area (Å²) in [5.74, 6) is 1.51. The topological polar surface area (TPSA) is 48.8 Å². The van der Waals surface area contributed by atoms with Gasteiger partial charge in [-0.3, -0.25) is 0 Å². The Bertz CT molecular complexity index is 535. The van der Waals surface area contributed by atoms with Gasteiger partial charge >= 0.3 is 0 Å². The Hall–Kier alpha value is -2.01. The third-order valence-electron chi connectivity index (χ3n) is 2.73. The van der Waals surface area contributed by atoms with Crippen LogP contribution in [0, 0.1) is 0 Å². The zero-order chi connectivity index (χ0) is 12.4. The molecule has 18 heavy (non-hydrogen) atoms. The quantitative estimate of drug-likeness (QED) is 0.753. The van der Waals surface area contributed by atoms with Gasteiger partial charge in [0.15, 0.2) is 5.75 Å². The van der Waals surface area contributed by atoms with Crippen LogP contribution >= 0.6 is 0 Å². The lowest BCUT2D eigenvalue weighted by molar-refractivity contribution is 0.263. The molecular weight excluding hydrogens is 232 g/mol. The molecule has 1 aliphatic rings. The van der Waals surface area contributed by atoms with Crippen molar-refractivity contribution < 1.29 is 14.2 Å². The first-order valence-corrected chi connectivity index (χ1v) is 5.79. The third kappa shape index (κ3) is 2.31. The fourth-order valence-corrected chi connectivity index (χ4v) is 1.69. The Morgan fingerprint density at radius 3 is 3.06 bits per heavy atom. The summed E-state index contributed by atoms with van der Waals surface area (Å²) in [5.41, 5.74) is 0.887. The Labute approximate surface area is 105 Å². The van der Waals surface area contributed by atoms with Gasteiger partial charge in [0, 0.05) is 0 Å². The van der Waals surface area contributed by atoms with Crippen LogP contribution in [0.5, 0.6) is 11.5 Å². The van der Waals surface area contributed by atoms with Gasteiger partial charge in [-0.15, -0.1) is 0 Å². The average Bonchev–Trinajstić information content (AvgIpc) is 3.13. The SMILES string of the molecule is COc1ccccc1-n1cc(OCC2CO2)cn1. The molecule has 0 saturated carbocycles. The average molecular weight is 246 g/mol. The molecule has 5 heteroatoms. The van der Waals surface area contributed by atoms with E-state index < -0.39 is 0 Å². The lowest BCUT2D eigenvalue weighted by Gasteiger charge is -2.07. The van der Waals surface area contributed by atoms with E-state index in [2.05, 4.69) is 5.10 Å². The lowest BCUT2D eigenvalue weighted by atomic mass is 10.3. The second kappa shape index (κ2) is 4.70.